The van der Waals surface area contributed by atoms with E-state index in [2.05, 4.69) is 10.3 Å². The number of carbonyl (C=O) groups excluding carboxylic acids is 1. The molecule has 0 fully saturated rings. The van der Waals surface area contributed by atoms with Crippen LogP contribution >= 0.6 is 0 Å². The molecule has 28 heavy (non-hydrogen) atoms. The Bertz CT molecular complexity index is 1010. The lowest BCUT2D eigenvalue weighted by molar-refractivity contribution is -0.123. The second kappa shape index (κ2) is 8.99. The van der Waals surface area contributed by atoms with Crippen LogP contribution in [0.3, 0.4) is 0 Å². The fourth-order valence-electron chi connectivity index (χ4n) is 2.75. The lowest BCUT2D eigenvalue weighted by Gasteiger charge is -2.11. The number of hydrogen-bond acceptors (Lipinski definition) is 4. The molecule has 2 aromatic carbocycles. The van der Waals surface area contributed by atoms with Crippen molar-refractivity contribution in [2.24, 2.45) is 0 Å². The highest BCUT2D eigenvalue weighted by atomic mass is 16.5. The average Bonchev–Trinajstić information content (AvgIpc) is 2.71. The van der Waals surface area contributed by atoms with Crippen LogP contribution in [0, 0.1) is 13.8 Å². The number of hydrogen-bond donors (Lipinski definition) is 1. The molecule has 0 aliphatic rings. The zero-order chi connectivity index (χ0) is 19.9. The van der Waals surface area contributed by atoms with E-state index in [1.54, 1.807) is 0 Å². The highest BCUT2D eigenvalue weighted by Gasteiger charge is 2.07. The summed E-state index contributed by atoms with van der Waals surface area (Å²) in [5.41, 5.74) is 3.50. The van der Waals surface area contributed by atoms with Crippen LogP contribution in [0.1, 0.15) is 11.1 Å². The molecular weight excluding hydrogens is 354 g/mol. The van der Waals surface area contributed by atoms with Gasteiger partial charge in [0.05, 0.1) is 12.0 Å². The molecule has 0 bridgehead atoms. The number of benzene rings is 2. The van der Waals surface area contributed by atoms with Crippen molar-refractivity contribution in [1.29, 1.82) is 0 Å². The van der Waals surface area contributed by atoms with Crippen LogP contribution < -0.4 is 15.6 Å². The van der Waals surface area contributed by atoms with Crippen molar-refractivity contribution in [3.63, 3.8) is 0 Å². The van der Waals surface area contributed by atoms with E-state index in [1.807, 2.05) is 62.4 Å². The van der Waals surface area contributed by atoms with Crippen molar-refractivity contribution in [2.45, 2.75) is 20.4 Å². The van der Waals surface area contributed by atoms with Gasteiger partial charge in [0.15, 0.2) is 6.61 Å². The van der Waals surface area contributed by atoms with Crippen molar-refractivity contribution in [3.05, 3.63) is 82.4 Å². The fraction of sp³-hybridized carbons (Fsp3) is 0.227. The van der Waals surface area contributed by atoms with E-state index >= 15 is 0 Å². The van der Waals surface area contributed by atoms with Crippen molar-refractivity contribution in [2.75, 3.05) is 13.2 Å². The molecule has 0 atom stereocenters. The van der Waals surface area contributed by atoms with E-state index in [-0.39, 0.29) is 18.1 Å². The summed E-state index contributed by atoms with van der Waals surface area (Å²) in [4.78, 5) is 28.6. The molecule has 0 unspecified atom stereocenters. The molecule has 6 heteroatoms. The fourth-order valence-corrected chi connectivity index (χ4v) is 2.75. The molecule has 1 heterocycles. The highest BCUT2D eigenvalue weighted by Crippen LogP contribution is 2.20. The molecule has 6 nitrogen and oxygen atoms in total. The van der Waals surface area contributed by atoms with Gasteiger partial charge >= 0.3 is 0 Å². The lowest BCUT2D eigenvalue weighted by atomic mass is 10.1. The van der Waals surface area contributed by atoms with Crippen LogP contribution in [0.15, 0.2) is 65.7 Å². The molecule has 3 rings (SSSR count). The number of rotatable bonds is 7. The Labute approximate surface area is 163 Å². The van der Waals surface area contributed by atoms with Gasteiger partial charge in [-0.3, -0.25) is 14.2 Å². The first-order valence-corrected chi connectivity index (χ1v) is 9.12. The van der Waals surface area contributed by atoms with Crippen LogP contribution in [0.25, 0.3) is 11.3 Å². The summed E-state index contributed by atoms with van der Waals surface area (Å²) >= 11 is 0. The van der Waals surface area contributed by atoms with Gasteiger partial charge in [-0.15, -0.1) is 0 Å². The second-order valence-corrected chi connectivity index (χ2v) is 6.51. The van der Waals surface area contributed by atoms with Gasteiger partial charge in [0.1, 0.15) is 5.75 Å². The minimum Gasteiger partial charge on any atom is -0.483 e. The summed E-state index contributed by atoms with van der Waals surface area (Å²) in [6, 6.07) is 16.8. The van der Waals surface area contributed by atoms with Crippen LogP contribution in [0.5, 0.6) is 5.75 Å². The summed E-state index contributed by atoms with van der Waals surface area (Å²) in [6.07, 6.45) is 1.50. The Morgan fingerprint density at radius 2 is 1.89 bits per heavy atom. The topological polar surface area (TPSA) is 73.2 Å². The Morgan fingerprint density at radius 3 is 2.64 bits per heavy atom. The van der Waals surface area contributed by atoms with Crippen molar-refractivity contribution in [3.8, 4) is 17.0 Å². The third-order valence-corrected chi connectivity index (χ3v) is 4.54. The molecule has 1 N–H and O–H groups in total. The minimum absolute atomic E-state index is 0.0651. The quantitative estimate of drug-likeness (QED) is 0.687. The molecule has 0 aliphatic carbocycles. The van der Waals surface area contributed by atoms with Crippen molar-refractivity contribution in [1.82, 2.24) is 14.9 Å². The van der Waals surface area contributed by atoms with Crippen molar-refractivity contribution >= 4 is 5.91 Å². The predicted octanol–water partition coefficient (Wildman–Crippen LogP) is 2.72. The van der Waals surface area contributed by atoms with E-state index in [0.29, 0.717) is 24.5 Å². The van der Waals surface area contributed by atoms with Gasteiger partial charge in [-0.05, 0) is 31.0 Å². The van der Waals surface area contributed by atoms with Gasteiger partial charge in [-0.25, -0.2) is 4.98 Å². The second-order valence-electron chi connectivity index (χ2n) is 6.51. The Hall–Kier alpha value is -3.41. The molecule has 144 valence electrons. The summed E-state index contributed by atoms with van der Waals surface area (Å²) in [5.74, 6) is 0.467. The third-order valence-electron chi connectivity index (χ3n) is 4.54. The molecule has 1 amide bonds. The molecule has 0 spiro atoms. The summed E-state index contributed by atoms with van der Waals surface area (Å²) in [6.45, 7) is 4.56. The van der Waals surface area contributed by atoms with Crippen LogP contribution in [-0.2, 0) is 11.3 Å². The molecule has 0 saturated carbocycles. The van der Waals surface area contributed by atoms with Crippen molar-refractivity contribution < 1.29 is 9.53 Å². The Balaban J connectivity index is 1.50. The third kappa shape index (κ3) is 4.85. The number of nitrogens with zero attached hydrogens (tertiary/aromatic N) is 2. The summed E-state index contributed by atoms with van der Waals surface area (Å²) in [7, 11) is 0. The van der Waals surface area contributed by atoms with Gasteiger partial charge in [0, 0.05) is 24.7 Å². The van der Waals surface area contributed by atoms with Gasteiger partial charge in [0.25, 0.3) is 11.5 Å². The largest absolute Gasteiger partial charge is 0.483 e. The maximum Gasteiger partial charge on any atom is 0.258 e. The molecular formula is C22H23N3O3. The van der Waals surface area contributed by atoms with E-state index in [0.717, 1.165) is 16.7 Å². The zero-order valence-electron chi connectivity index (χ0n) is 16.0. The standard InChI is InChI=1S/C22H23N3O3/c1-16-7-6-10-20(17(16)2)28-14-21(26)23-11-12-25-15-24-19(13-22(25)27)18-8-4-3-5-9-18/h3-10,13,15H,11-12,14H2,1-2H3,(H,23,26). The normalized spacial score (nSPS) is 10.5. The van der Waals surface area contributed by atoms with E-state index in [1.165, 1.54) is 17.0 Å². The van der Waals surface area contributed by atoms with Gasteiger partial charge < -0.3 is 10.1 Å². The number of aryl methyl sites for hydroxylation is 1. The molecule has 3 aromatic rings. The monoisotopic (exact) mass is 377 g/mol. The van der Waals surface area contributed by atoms with Crippen LogP contribution in [0.4, 0.5) is 0 Å². The minimum atomic E-state index is -0.234. The number of nitrogens with one attached hydrogen (secondary N) is 1. The van der Waals surface area contributed by atoms with E-state index < -0.39 is 0 Å². The zero-order valence-corrected chi connectivity index (χ0v) is 16.0. The van der Waals surface area contributed by atoms with E-state index in [4.69, 9.17) is 4.74 Å². The first-order valence-electron chi connectivity index (χ1n) is 9.12. The number of aromatic nitrogens is 2. The summed E-state index contributed by atoms with van der Waals surface area (Å²) < 4.78 is 7.05. The maximum absolute atomic E-state index is 12.3. The predicted molar refractivity (Wildman–Crippen MR) is 108 cm³/mol. The Kier molecular flexibility index (Phi) is 6.22. The number of ether oxygens (including phenoxy) is 1. The molecule has 1 aromatic heterocycles. The number of carbonyl (C=O) groups is 1. The van der Waals surface area contributed by atoms with Gasteiger partial charge in [-0.2, -0.15) is 0 Å². The van der Waals surface area contributed by atoms with Gasteiger partial charge in [0.2, 0.25) is 0 Å². The molecule has 0 aliphatic heterocycles. The van der Waals surface area contributed by atoms with Gasteiger partial charge in [-0.1, -0.05) is 42.5 Å². The highest BCUT2D eigenvalue weighted by molar-refractivity contribution is 5.77. The first kappa shape index (κ1) is 19.4. The maximum atomic E-state index is 12.3. The summed E-state index contributed by atoms with van der Waals surface area (Å²) in [5, 5.41) is 2.76. The SMILES string of the molecule is Cc1cccc(OCC(=O)NCCn2cnc(-c3ccccc3)cc2=O)c1C. The van der Waals surface area contributed by atoms with Crippen LogP contribution in [-0.4, -0.2) is 28.6 Å². The average molecular weight is 377 g/mol. The molecule has 0 saturated heterocycles. The molecule has 0 radical (unpaired) electrons. The number of amides is 1. The van der Waals surface area contributed by atoms with E-state index in [9.17, 15) is 9.59 Å². The lowest BCUT2D eigenvalue weighted by Crippen LogP contribution is -2.33. The first-order chi connectivity index (χ1) is 13.5. The van der Waals surface area contributed by atoms with Crippen LogP contribution in [0.2, 0.25) is 0 Å². The Morgan fingerprint density at radius 1 is 1.11 bits per heavy atom. The smallest absolute Gasteiger partial charge is 0.258 e.